The van der Waals surface area contributed by atoms with Crippen LogP contribution in [0.1, 0.15) is 22.3 Å². The summed E-state index contributed by atoms with van der Waals surface area (Å²) in [4.78, 5) is 12.2. The van der Waals surface area contributed by atoms with Crippen molar-refractivity contribution < 1.29 is 14.3 Å². The Balaban J connectivity index is 2.29. The number of amides is 1. The van der Waals surface area contributed by atoms with Crippen LogP contribution in [0.2, 0.25) is 0 Å². The van der Waals surface area contributed by atoms with Crippen molar-refractivity contribution in [2.75, 3.05) is 33.5 Å². The van der Waals surface area contributed by atoms with E-state index in [9.17, 15) is 4.79 Å². The maximum Gasteiger partial charge on any atom is 0.251 e. The van der Waals surface area contributed by atoms with Crippen LogP contribution in [-0.4, -0.2) is 44.4 Å². The van der Waals surface area contributed by atoms with E-state index in [1.165, 1.54) is 0 Å². The standard InChI is InChI=1S/C14H20N2O3S/c1-18-8-9-19-7-3-6-16-14(17)12-5-2-4-11(10-12)13(15)20/h2,4-5,10H,3,6-9H2,1H3,(H2,15,20)(H,16,17). The zero-order valence-electron chi connectivity index (χ0n) is 11.6. The van der Waals surface area contributed by atoms with Gasteiger partial charge in [-0.1, -0.05) is 24.4 Å². The average Bonchev–Trinajstić information content (AvgIpc) is 2.46. The lowest BCUT2D eigenvalue weighted by Crippen LogP contribution is -2.25. The number of hydrogen-bond donors (Lipinski definition) is 2. The molecule has 0 heterocycles. The van der Waals surface area contributed by atoms with Gasteiger partial charge in [-0.2, -0.15) is 0 Å². The van der Waals surface area contributed by atoms with Gasteiger partial charge in [0.25, 0.3) is 5.91 Å². The van der Waals surface area contributed by atoms with E-state index in [4.69, 9.17) is 27.4 Å². The molecule has 0 aromatic heterocycles. The third kappa shape index (κ3) is 6.10. The minimum atomic E-state index is -0.139. The molecule has 20 heavy (non-hydrogen) atoms. The quantitative estimate of drug-likeness (QED) is 0.527. The first-order valence-corrected chi connectivity index (χ1v) is 6.80. The first kappa shape index (κ1) is 16.6. The lowest BCUT2D eigenvalue weighted by atomic mass is 10.1. The van der Waals surface area contributed by atoms with Crippen LogP contribution in [0, 0.1) is 0 Å². The highest BCUT2D eigenvalue weighted by Gasteiger charge is 2.06. The van der Waals surface area contributed by atoms with Crippen LogP contribution in [0.4, 0.5) is 0 Å². The van der Waals surface area contributed by atoms with Gasteiger partial charge >= 0.3 is 0 Å². The fraction of sp³-hybridized carbons (Fsp3) is 0.429. The molecular formula is C14H20N2O3S. The average molecular weight is 296 g/mol. The van der Waals surface area contributed by atoms with E-state index in [1.54, 1.807) is 31.4 Å². The number of ether oxygens (including phenoxy) is 2. The van der Waals surface area contributed by atoms with Crippen LogP contribution in [0.25, 0.3) is 0 Å². The zero-order chi connectivity index (χ0) is 14.8. The van der Waals surface area contributed by atoms with Crippen LogP contribution in [0.3, 0.4) is 0 Å². The van der Waals surface area contributed by atoms with E-state index in [0.717, 1.165) is 6.42 Å². The van der Waals surface area contributed by atoms with E-state index < -0.39 is 0 Å². The van der Waals surface area contributed by atoms with Gasteiger partial charge in [-0.05, 0) is 18.6 Å². The Morgan fingerprint density at radius 1 is 1.30 bits per heavy atom. The van der Waals surface area contributed by atoms with Crippen LogP contribution in [0.15, 0.2) is 24.3 Å². The van der Waals surface area contributed by atoms with Crippen molar-refractivity contribution in [3.63, 3.8) is 0 Å². The van der Waals surface area contributed by atoms with Crippen molar-refractivity contribution in [2.24, 2.45) is 5.73 Å². The van der Waals surface area contributed by atoms with Gasteiger partial charge in [0.2, 0.25) is 0 Å². The summed E-state index contributed by atoms with van der Waals surface area (Å²) in [5.74, 6) is -0.139. The lowest BCUT2D eigenvalue weighted by molar-refractivity contribution is 0.0688. The number of nitrogens with one attached hydrogen (secondary N) is 1. The molecule has 0 aliphatic carbocycles. The summed E-state index contributed by atoms with van der Waals surface area (Å²) in [6.45, 7) is 2.30. The van der Waals surface area contributed by atoms with Gasteiger partial charge in [-0.15, -0.1) is 0 Å². The predicted molar refractivity (Wildman–Crippen MR) is 82.0 cm³/mol. The third-order valence-electron chi connectivity index (χ3n) is 2.59. The molecule has 3 N–H and O–H groups in total. The molecule has 0 aliphatic rings. The van der Waals surface area contributed by atoms with Gasteiger partial charge in [-0.3, -0.25) is 4.79 Å². The van der Waals surface area contributed by atoms with Gasteiger partial charge in [-0.25, -0.2) is 0 Å². The number of carbonyl (C=O) groups excluding carboxylic acids is 1. The molecule has 0 bridgehead atoms. The molecule has 6 heteroatoms. The molecule has 0 saturated heterocycles. The van der Waals surface area contributed by atoms with Gasteiger partial charge < -0.3 is 20.5 Å². The van der Waals surface area contributed by atoms with Gasteiger partial charge in [0.05, 0.1) is 13.2 Å². The lowest BCUT2D eigenvalue weighted by Gasteiger charge is -2.07. The molecule has 0 saturated carbocycles. The molecular weight excluding hydrogens is 276 g/mol. The minimum Gasteiger partial charge on any atom is -0.389 e. The Labute approximate surface area is 124 Å². The smallest absolute Gasteiger partial charge is 0.251 e. The van der Waals surface area contributed by atoms with Crippen molar-refractivity contribution in [2.45, 2.75) is 6.42 Å². The maximum atomic E-state index is 11.9. The summed E-state index contributed by atoms with van der Waals surface area (Å²) in [6, 6.07) is 6.96. The normalized spacial score (nSPS) is 10.2. The molecule has 1 amide bonds. The van der Waals surface area contributed by atoms with E-state index >= 15 is 0 Å². The summed E-state index contributed by atoms with van der Waals surface area (Å²) in [5, 5.41) is 2.82. The summed E-state index contributed by atoms with van der Waals surface area (Å²) < 4.78 is 10.2. The van der Waals surface area contributed by atoms with Crippen molar-refractivity contribution >= 4 is 23.1 Å². The van der Waals surface area contributed by atoms with Gasteiger partial charge in [0.1, 0.15) is 4.99 Å². The molecule has 0 fully saturated rings. The molecule has 110 valence electrons. The van der Waals surface area contributed by atoms with E-state index in [2.05, 4.69) is 5.32 Å². The summed E-state index contributed by atoms with van der Waals surface area (Å²) in [5.41, 5.74) is 6.78. The molecule has 0 aliphatic heterocycles. The molecule has 0 unspecified atom stereocenters. The van der Waals surface area contributed by atoms with Crippen LogP contribution < -0.4 is 11.1 Å². The van der Waals surface area contributed by atoms with Crippen molar-refractivity contribution in [1.82, 2.24) is 5.32 Å². The Bertz CT molecular complexity index is 452. The number of hydrogen-bond acceptors (Lipinski definition) is 4. The van der Waals surface area contributed by atoms with Crippen LogP contribution in [0.5, 0.6) is 0 Å². The number of thiocarbonyl (C=S) groups is 1. The highest BCUT2D eigenvalue weighted by atomic mass is 32.1. The van der Waals surface area contributed by atoms with Crippen LogP contribution >= 0.6 is 12.2 Å². The third-order valence-corrected chi connectivity index (χ3v) is 2.83. The van der Waals surface area contributed by atoms with Crippen molar-refractivity contribution in [3.8, 4) is 0 Å². The van der Waals surface area contributed by atoms with Crippen molar-refractivity contribution in [1.29, 1.82) is 0 Å². The van der Waals surface area contributed by atoms with Crippen LogP contribution in [-0.2, 0) is 9.47 Å². The Hall–Kier alpha value is -1.50. The highest BCUT2D eigenvalue weighted by molar-refractivity contribution is 7.80. The number of benzene rings is 1. The van der Waals surface area contributed by atoms with Gasteiger partial charge in [0, 0.05) is 31.4 Å². The topological polar surface area (TPSA) is 73.6 Å². The number of carbonyl (C=O) groups is 1. The molecule has 1 aromatic rings. The fourth-order valence-electron chi connectivity index (χ4n) is 1.54. The first-order valence-electron chi connectivity index (χ1n) is 6.40. The number of methoxy groups -OCH3 is 1. The molecule has 1 rings (SSSR count). The van der Waals surface area contributed by atoms with Crippen molar-refractivity contribution in [3.05, 3.63) is 35.4 Å². The minimum absolute atomic E-state index is 0.139. The second kappa shape index (κ2) is 9.41. The zero-order valence-corrected chi connectivity index (χ0v) is 12.4. The van der Waals surface area contributed by atoms with E-state index in [1.807, 2.05) is 0 Å². The Morgan fingerprint density at radius 3 is 2.75 bits per heavy atom. The SMILES string of the molecule is COCCOCCCNC(=O)c1cccc(C(N)=S)c1. The summed E-state index contributed by atoms with van der Waals surface area (Å²) in [6.07, 6.45) is 0.754. The largest absolute Gasteiger partial charge is 0.389 e. The maximum absolute atomic E-state index is 11.9. The number of rotatable bonds is 9. The molecule has 0 spiro atoms. The monoisotopic (exact) mass is 296 g/mol. The molecule has 0 radical (unpaired) electrons. The molecule has 0 atom stereocenters. The molecule has 5 nitrogen and oxygen atoms in total. The van der Waals surface area contributed by atoms with Gasteiger partial charge in [0.15, 0.2) is 0 Å². The van der Waals surface area contributed by atoms with E-state index in [0.29, 0.717) is 37.5 Å². The predicted octanol–water partition coefficient (Wildman–Crippen LogP) is 1.10. The number of nitrogens with two attached hydrogens (primary N) is 1. The first-order chi connectivity index (χ1) is 9.65. The fourth-order valence-corrected chi connectivity index (χ4v) is 1.66. The van der Waals surface area contributed by atoms with E-state index in [-0.39, 0.29) is 10.9 Å². The Kier molecular flexibility index (Phi) is 7.79. The summed E-state index contributed by atoms with van der Waals surface area (Å²) in [7, 11) is 1.63. The molecule has 1 aromatic carbocycles. The summed E-state index contributed by atoms with van der Waals surface area (Å²) >= 11 is 4.88. The second-order valence-electron chi connectivity index (χ2n) is 4.16. The highest BCUT2D eigenvalue weighted by Crippen LogP contribution is 2.05. The second-order valence-corrected chi connectivity index (χ2v) is 4.60. The Morgan fingerprint density at radius 2 is 2.05 bits per heavy atom.